The lowest BCUT2D eigenvalue weighted by molar-refractivity contribution is -0.138. The molecule has 12 nitrogen and oxygen atoms in total. The average molecular weight is 682 g/mol. The molecule has 0 radical (unpaired) electrons. The van der Waals surface area contributed by atoms with Crippen molar-refractivity contribution in [3.05, 3.63) is 11.0 Å². The summed E-state index contributed by atoms with van der Waals surface area (Å²) >= 11 is 1.26. The Morgan fingerprint density at radius 2 is 1.45 bits per heavy atom. The van der Waals surface area contributed by atoms with Gasteiger partial charge in [0, 0.05) is 76.7 Å². The minimum Gasteiger partial charge on any atom is -0.379 e. The topological polar surface area (TPSA) is 169 Å². The Labute approximate surface area is 285 Å². The van der Waals surface area contributed by atoms with Gasteiger partial charge in [-0.25, -0.2) is 0 Å². The highest BCUT2D eigenvalue weighted by Gasteiger charge is 2.34. The van der Waals surface area contributed by atoms with Gasteiger partial charge < -0.3 is 31.2 Å². The second kappa shape index (κ2) is 25.8. The van der Waals surface area contributed by atoms with Gasteiger partial charge in [-0.3, -0.25) is 28.9 Å². The first-order chi connectivity index (χ1) is 22.8. The van der Waals surface area contributed by atoms with Gasteiger partial charge in [0.05, 0.1) is 24.7 Å². The van der Waals surface area contributed by atoms with E-state index < -0.39 is 0 Å². The number of imide groups is 1. The maximum Gasteiger partial charge on any atom is 0.267 e. The zero-order valence-electron chi connectivity index (χ0n) is 28.5. The number of carbonyl (C=O) groups excluding carboxylic acids is 5. The molecule has 0 aromatic carbocycles. The highest BCUT2D eigenvalue weighted by atomic mass is 32.2. The second-order valence-electron chi connectivity index (χ2n) is 12.3. The molecule has 1 saturated carbocycles. The predicted octanol–water partition coefficient (Wildman–Crippen LogP) is 2.34. The number of nitrogens with zero attached hydrogens (tertiary/aromatic N) is 1. The van der Waals surface area contributed by atoms with Crippen LogP contribution in [0.25, 0.3) is 0 Å². The summed E-state index contributed by atoms with van der Waals surface area (Å²) in [5.74, 6) is 0.477. The number of hydrogen-bond donors (Lipinski definition) is 4. The van der Waals surface area contributed by atoms with Crippen molar-refractivity contribution in [3.8, 4) is 0 Å². The number of carbonyl (C=O) groups is 5. The van der Waals surface area contributed by atoms with Gasteiger partial charge >= 0.3 is 0 Å². The largest absolute Gasteiger partial charge is 0.379 e. The summed E-state index contributed by atoms with van der Waals surface area (Å²) in [5.41, 5.74) is 5.44. The lowest BCUT2D eigenvalue weighted by atomic mass is 9.81. The maximum absolute atomic E-state index is 12.8. The van der Waals surface area contributed by atoms with Gasteiger partial charge in [0.1, 0.15) is 11.6 Å². The van der Waals surface area contributed by atoms with Gasteiger partial charge in [0.2, 0.25) is 5.91 Å². The fourth-order valence-corrected chi connectivity index (χ4v) is 6.64. The van der Waals surface area contributed by atoms with Crippen molar-refractivity contribution in [1.29, 1.82) is 0 Å². The highest BCUT2D eigenvalue weighted by molar-refractivity contribution is 8.04. The number of ketones is 2. The van der Waals surface area contributed by atoms with E-state index in [4.69, 9.17) is 15.2 Å². The van der Waals surface area contributed by atoms with Gasteiger partial charge in [0.15, 0.2) is 0 Å². The number of nitrogens with two attached hydrogens (primary N) is 1. The molecule has 0 bridgehead atoms. The number of Topliss-reactive ketones (excluding diaryl/α,β-unsaturated/α-hetero) is 2. The van der Waals surface area contributed by atoms with E-state index in [1.807, 2.05) is 0 Å². The summed E-state index contributed by atoms with van der Waals surface area (Å²) in [6.07, 6.45) is 11.2. The molecule has 13 heteroatoms. The Hall–Kier alpha value is -2.16. The number of ether oxygens (including phenoxy) is 2. The molecule has 2 aliphatic rings. The van der Waals surface area contributed by atoms with Crippen molar-refractivity contribution >= 4 is 41.0 Å². The third-order valence-electron chi connectivity index (χ3n) is 8.50. The molecule has 268 valence electrons. The molecule has 0 atom stereocenters. The maximum atomic E-state index is 12.8. The van der Waals surface area contributed by atoms with E-state index in [1.54, 1.807) is 7.05 Å². The Bertz CT molecular complexity index is 988. The van der Waals surface area contributed by atoms with Gasteiger partial charge in [0.25, 0.3) is 11.8 Å². The predicted molar refractivity (Wildman–Crippen MR) is 185 cm³/mol. The van der Waals surface area contributed by atoms with E-state index >= 15 is 0 Å². The Kier molecular flexibility index (Phi) is 22.5. The van der Waals surface area contributed by atoms with Crippen molar-refractivity contribution in [2.24, 2.45) is 17.6 Å². The van der Waals surface area contributed by atoms with Crippen LogP contribution >= 0.6 is 11.8 Å². The van der Waals surface area contributed by atoms with E-state index in [-0.39, 0.29) is 41.1 Å². The van der Waals surface area contributed by atoms with Crippen LogP contribution in [0.3, 0.4) is 0 Å². The molecule has 1 heterocycles. The molecule has 1 fully saturated rings. The van der Waals surface area contributed by atoms with Crippen molar-refractivity contribution < 1.29 is 33.4 Å². The molecule has 0 saturated heterocycles. The van der Waals surface area contributed by atoms with Crippen LogP contribution in [0.5, 0.6) is 0 Å². The SMILES string of the molecule is CNC(=O)C1CCC(CN2C(=O)C=C(SCCC(=O)CCCOCCOCCC(=O)CCCNCCCCCNCCN)C2=O)CC1. The van der Waals surface area contributed by atoms with Crippen LogP contribution in [0.4, 0.5) is 0 Å². The summed E-state index contributed by atoms with van der Waals surface area (Å²) in [6, 6.07) is 0. The van der Waals surface area contributed by atoms with Crippen molar-refractivity contribution in [2.75, 3.05) is 78.5 Å². The first-order valence-corrected chi connectivity index (χ1v) is 18.6. The first kappa shape index (κ1) is 41.0. The minimum atomic E-state index is -0.293. The van der Waals surface area contributed by atoms with Crippen LogP contribution in [0.1, 0.15) is 83.5 Å². The molecule has 47 heavy (non-hydrogen) atoms. The number of amides is 3. The monoisotopic (exact) mass is 681 g/mol. The quantitative estimate of drug-likeness (QED) is 0.0676. The van der Waals surface area contributed by atoms with Gasteiger partial charge in [-0.1, -0.05) is 6.42 Å². The Morgan fingerprint density at radius 1 is 0.809 bits per heavy atom. The number of unbranched alkanes of at least 4 members (excludes halogenated alkanes) is 2. The lowest BCUT2D eigenvalue weighted by Crippen LogP contribution is -2.38. The number of rotatable bonds is 29. The summed E-state index contributed by atoms with van der Waals surface area (Å²) < 4.78 is 11.0. The smallest absolute Gasteiger partial charge is 0.267 e. The van der Waals surface area contributed by atoms with E-state index in [0.29, 0.717) is 82.3 Å². The first-order valence-electron chi connectivity index (χ1n) is 17.6. The van der Waals surface area contributed by atoms with Crippen LogP contribution in [0.15, 0.2) is 11.0 Å². The lowest BCUT2D eigenvalue weighted by Gasteiger charge is -2.29. The number of thioether (sulfide) groups is 1. The molecule has 0 aromatic rings. The summed E-state index contributed by atoms with van der Waals surface area (Å²) in [7, 11) is 1.64. The van der Waals surface area contributed by atoms with Crippen molar-refractivity contribution in [1.82, 2.24) is 20.9 Å². The van der Waals surface area contributed by atoms with Crippen LogP contribution in [-0.2, 0) is 33.4 Å². The van der Waals surface area contributed by atoms with Gasteiger partial charge in [-0.05, 0) is 76.9 Å². The molecular formula is C34H59N5O7S. The third-order valence-corrected chi connectivity index (χ3v) is 9.51. The van der Waals surface area contributed by atoms with E-state index in [1.165, 1.54) is 29.2 Å². The van der Waals surface area contributed by atoms with Crippen LogP contribution in [0, 0.1) is 11.8 Å². The zero-order chi connectivity index (χ0) is 34.1. The molecule has 0 spiro atoms. The summed E-state index contributed by atoms with van der Waals surface area (Å²) in [4.78, 5) is 63.1. The normalized spacial score (nSPS) is 18.1. The van der Waals surface area contributed by atoms with Crippen LogP contribution in [-0.4, -0.2) is 113 Å². The van der Waals surface area contributed by atoms with E-state index in [0.717, 1.165) is 71.1 Å². The van der Waals surface area contributed by atoms with Crippen LogP contribution in [0.2, 0.25) is 0 Å². The van der Waals surface area contributed by atoms with Crippen LogP contribution < -0.4 is 21.7 Å². The molecule has 1 aliphatic carbocycles. The van der Waals surface area contributed by atoms with Gasteiger partial charge in [-0.2, -0.15) is 0 Å². The van der Waals surface area contributed by atoms with E-state index in [9.17, 15) is 24.0 Å². The number of hydrogen-bond acceptors (Lipinski definition) is 11. The second-order valence-corrected chi connectivity index (χ2v) is 13.4. The molecule has 0 aromatic heterocycles. The number of nitrogens with one attached hydrogen (secondary N) is 3. The van der Waals surface area contributed by atoms with E-state index in [2.05, 4.69) is 16.0 Å². The standard InChI is InChI=1S/C34H59N5O7S/c1-36-33(43)28-11-9-27(10-12-28)26-39-32(42)25-31(34(39)44)47-24-14-30(41)8-6-20-45-22-23-46-21-13-29(40)7-5-18-37-16-3-2-4-17-38-19-15-35/h25,27-28,37-38H,2-24,26,35H2,1H3,(H,36,43). The Morgan fingerprint density at radius 3 is 2.15 bits per heavy atom. The molecule has 3 amide bonds. The minimum absolute atomic E-state index is 0.0146. The molecular weight excluding hydrogens is 622 g/mol. The van der Waals surface area contributed by atoms with Gasteiger partial charge in [-0.15, -0.1) is 11.8 Å². The fourth-order valence-electron chi connectivity index (χ4n) is 5.67. The molecule has 2 rings (SSSR count). The molecule has 1 aliphatic heterocycles. The average Bonchev–Trinajstić information content (AvgIpc) is 3.33. The summed E-state index contributed by atoms with van der Waals surface area (Å²) in [5, 5.41) is 9.38. The zero-order valence-corrected chi connectivity index (χ0v) is 29.3. The van der Waals surface area contributed by atoms with Crippen molar-refractivity contribution in [3.63, 3.8) is 0 Å². The fraction of sp³-hybridized carbons (Fsp3) is 0.794. The Balaban J connectivity index is 1.38. The third kappa shape index (κ3) is 18.3. The molecule has 0 unspecified atom stereocenters. The molecule has 5 N–H and O–H groups in total. The van der Waals surface area contributed by atoms with Crippen molar-refractivity contribution in [2.45, 2.75) is 83.5 Å². The summed E-state index contributed by atoms with van der Waals surface area (Å²) in [6.45, 7) is 6.48. The highest BCUT2D eigenvalue weighted by Crippen LogP contribution is 2.32.